The van der Waals surface area contributed by atoms with Crippen LogP contribution in [0.3, 0.4) is 0 Å². The molecule has 4 atom stereocenters. The molecule has 102 valence electrons. The van der Waals surface area contributed by atoms with Crippen LogP contribution < -0.4 is 0 Å². The van der Waals surface area contributed by atoms with Crippen LogP contribution in [0.15, 0.2) is 36.5 Å². The molecule has 1 rings (SSSR count). The lowest BCUT2D eigenvalue weighted by Crippen LogP contribution is -2.29. The Bertz CT molecular complexity index is 346. The van der Waals surface area contributed by atoms with Crippen LogP contribution in [-0.4, -0.2) is 33.6 Å². The molecule has 0 aliphatic heterocycles. The lowest BCUT2D eigenvalue weighted by Gasteiger charge is -2.28. The molecule has 1 fully saturated rings. The first-order valence-corrected chi connectivity index (χ1v) is 6.38. The number of hydrogen-bond donors (Lipinski definition) is 3. The van der Waals surface area contributed by atoms with Crippen LogP contribution in [-0.2, 0) is 0 Å². The van der Waals surface area contributed by atoms with Gasteiger partial charge in [-0.3, -0.25) is 0 Å². The highest BCUT2D eigenvalue weighted by molar-refractivity contribution is 5.15. The summed E-state index contributed by atoms with van der Waals surface area (Å²) in [7, 11) is 0. The molecule has 0 saturated heterocycles. The normalized spacial score (nSPS) is 35.3. The van der Waals surface area contributed by atoms with Gasteiger partial charge in [0, 0.05) is 6.42 Å². The van der Waals surface area contributed by atoms with E-state index in [-0.39, 0.29) is 12.3 Å². The number of hydrogen-bond acceptors (Lipinski definition) is 3. The topological polar surface area (TPSA) is 60.7 Å². The van der Waals surface area contributed by atoms with Crippen LogP contribution >= 0.6 is 0 Å². The van der Waals surface area contributed by atoms with E-state index >= 15 is 0 Å². The van der Waals surface area contributed by atoms with E-state index in [9.17, 15) is 15.3 Å². The van der Waals surface area contributed by atoms with Crippen molar-refractivity contribution in [2.24, 2.45) is 5.92 Å². The third-order valence-electron chi connectivity index (χ3n) is 3.79. The molecule has 0 aromatic carbocycles. The van der Waals surface area contributed by atoms with Crippen molar-refractivity contribution < 1.29 is 15.3 Å². The van der Waals surface area contributed by atoms with Gasteiger partial charge in [0.25, 0.3) is 0 Å². The fourth-order valence-electron chi connectivity index (χ4n) is 2.26. The van der Waals surface area contributed by atoms with Crippen molar-refractivity contribution in [1.82, 2.24) is 0 Å². The molecule has 1 saturated carbocycles. The molecule has 0 aromatic heterocycles. The van der Waals surface area contributed by atoms with Crippen LogP contribution in [0.5, 0.6) is 0 Å². The van der Waals surface area contributed by atoms with Crippen molar-refractivity contribution in [3.8, 4) is 0 Å². The second kappa shape index (κ2) is 6.32. The fourth-order valence-corrected chi connectivity index (χ4v) is 2.26. The summed E-state index contributed by atoms with van der Waals surface area (Å²) >= 11 is 0. The predicted molar refractivity (Wildman–Crippen MR) is 73.1 cm³/mol. The van der Waals surface area contributed by atoms with Crippen molar-refractivity contribution in [3.05, 3.63) is 36.5 Å². The van der Waals surface area contributed by atoms with E-state index < -0.39 is 18.3 Å². The van der Waals surface area contributed by atoms with Crippen molar-refractivity contribution in [1.29, 1.82) is 0 Å². The molecule has 1 aliphatic rings. The molecule has 0 aromatic rings. The quantitative estimate of drug-likeness (QED) is 0.625. The average Bonchev–Trinajstić information content (AvgIpc) is 2.30. The zero-order chi connectivity index (χ0) is 13.9. The lowest BCUT2D eigenvalue weighted by molar-refractivity contribution is 0.0842. The van der Waals surface area contributed by atoms with Crippen LogP contribution in [0.4, 0.5) is 0 Å². The molecule has 0 heterocycles. The van der Waals surface area contributed by atoms with E-state index in [2.05, 4.69) is 19.7 Å². The summed E-state index contributed by atoms with van der Waals surface area (Å²) in [5.41, 5.74) is 2.10. The first-order valence-electron chi connectivity index (χ1n) is 6.38. The number of aliphatic hydroxyl groups is 3. The molecule has 0 spiro atoms. The van der Waals surface area contributed by atoms with Gasteiger partial charge in [0.05, 0.1) is 18.3 Å². The molecule has 1 aliphatic carbocycles. The fraction of sp³-hybridized carbons (Fsp3) is 0.600. The molecule has 0 radical (unpaired) electrons. The Morgan fingerprint density at radius 3 is 2.17 bits per heavy atom. The SMILES string of the molecule is C=C(C)[C@@H]1CCC(=C)[C@H](O)C[C@H](O)C(=C)[C@H](O)C1. The van der Waals surface area contributed by atoms with Gasteiger partial charge in [-0.1, -0.05) is 25.3 Å². The molecular formula is C15H24O3. The van der Waals surface area contributed by atoms with Gasteiger partial charge < -0.3 is 15.3 Å². The van der Waals surface area contributed by atoms with Gasteiger partial charge >= 0.3 is 0 Å². The monoisotopic (exact) mass is 252 g/mol. The second-order valence-corrected chi connectivity index (χ2v) is 5.33. The van der Waals surface area contributed by atoms with Gasteiger partial charge in [0.1, 0.15) is 0 Å². The molecule has 3 nitrogen and oxygen atoms in total. The van der Waals surface area contributed by atoms with E-state index in [1.165, 1.54) is 0 Å². The van der Waals surface area contributed by atoms with E-state index in [0.29, 0.717) is 18.4 Å². The van der Waals surface area contributed by atoms with Crippen molar-refractivity contribution >= 4 is 0 Å². The lowest BCUT2D eigenvalue weighted by atomic mass is 9.83. The smallest absolute Gasteiger partial charge is 0.0800 e. The van der Waals surface area contributed by atoms with Gasteiger partial charge in [0.15, 0.2) is 0 Å². The summed E-state index contributed by atoms with van der Waals surface area (Å²) in [5, 5.41) is 29.8. The van der Waals surface area contributed by atoms with Crippen molar-refractivity contribution in [3.63, 3.8) is 0 Å². The standard InChI is InChI=1S/C15H24O3/c1-9(2)12-6-5-10(3)13(16)8-15(18)11(4)14(17)7-12/h12-18H,1,3-8H2,2H3/t12-,13-,14-,15+/m1/s1. The Hall–Kier alpha value is -0.900. The number of aliphatic hydroxyl groups excluding tert-OH is 3. The molecule has 18 heavy (non-hydrogen) atoms. The first-order chi connectivity index (χ1) is 8.32. The average molecular weight is 252 g/mol. The summed E-state index contributed by atoms with van der Waals surface area (Å²) in [6, 6.07) is 0. The highest BCUT2D eigenvalue weighted by Gasteiger charge is 2.26. The van der Waals surface area contributed by atoms with Crippen LogP contribution in [0.1, 0.15) is 32.6 Å². The highest BCUT2D eigenvalue weighted by atomic mass is 16.3. The van der Waals surface area contributed by atoms with Crippen molar-refractivity contribution in [2.75, 3.05) is 0 Å². The maximum absolute atomic E-state index is 10.0. The van der Waals surface area contributed by atoms with Gasteiger partial charge in [-0.2, -0.15) is 0 Å². The zero-order valence-corrected chi connectivity index (χ0v) is 11.1. The molecular weight excluding hydrogens is 228 g/mol. The molecule has 0 amide bonds. The Labute approximate surface area is 109 Å². The van der Waals surface area contributed by atoms with E-state index in [0.717, 1.165) is 17.6 Å². The molecule has 3 N–H and O–H groups in total. The third kappa shape index (κ3) is 3.80. The Morgan fingerprint density at radius 1 is 1.06 bits per heavy atom. The molecule has 0 unspecified atom stereocenters. The zero-order valence-electron chi connectivity index (χ0n) is 11.1. The molecule has 3 heteroatoms. The van der Waals surface area contributed by atoms with Crippen LogP contribution in [0.2, 0.25) is 0 Å². The maximum Gasteiger partial charge on any atom is 0.0800 e. The van der Waals surface area contributed by atoms with Gasteiger partial charge in [-0.15, -0.1) is 0 Å². The summed E-state index contributed by atoms with van der Waals surface area (Å²) in [5.74, 6) is 0.158. The second-order valence-electron chi connectivity index (χ2n) is 5.33. The minimum Gasteiger partial charge on any atom is -0.389 e. The molecule has 0 bridgehead atoms. The summed E-state index contributed by atoms with van der Waals surface area (Å²) in [6.45, 7) is 13.5. The Kier molecular flexibility index (Phi) is 5.32. The van der Waals surface area contributed by atoms with Crippen LogP contribution in [0.25, 0.3) is 0 Å². The van der Waals surface area contributed by atoms with Crippen molar-refractivity contribution in [2.45, 2.75) is 50.9 Å². The van der Waals surface area contributed by atoms with E-state index in [4.69, 9.17) is 0 Å². The minimum atomic E-state index is -0.893. The van der Waals surface area contributed by atoms with E-state index in [1.807, 2.05) is 6.92 Å². The van der Waals surface area contributed by atoms with Gasteiger partial charge in [-0.05, 0) is 43.3 Å². The maximum atomic E-state index is 10.0. The van der Waals surface area contributed by atoms with E-state index in [1.54, 1.807) is 0 Å². The Balaban J connectivity index is 2.87. The highest BCUT2D eigenvalue weighted by Crippen LogP contribution is 2.29. The van der Waals surface area contributed by atoms with Crippen LogP contribution in [0, 0.1) is 5.92 Å². The summed E-state index contributed by atoms with van der Waals surface area (Å²) in [6.07, 6.45) is -0.208. The summed E-state index contributed by atoms with van der Waals surface area (Å²) < 4.78 is 0. The summed E-state index contributed by atoms with van der Waals surface area (Å²) in [4.78, 5) is 0. The Morgan fingerprint density at radius 2 is 1.61 bits per heavy atom. The van der Waals surface area contributed by atoms with Gasteiger partial charge in [0.2, 0.25) is 0 Å². The third-order valence-corrected chi connectivity index (χ3v) is 3.79. The minimum absolute atomic E-state index is 0.158. The number of allylic oxidation sites excluding steroid dienone is 1. The predicted octanol–water partition coefficient (Wildman–Crippen LogP) is 1.95. The first kappa shape index (κ1) is 15.2. The van der Waals surface area contributed by atoms with Gasteiger partial charge in [-0.25, -0.2) is 0 Å². The largest absolute Gasteiger partial charge is 0.389 e. The number of rotatable bonds is 1.